The Balaban J connectivity index is 0.00000264. The summed E-state index contributed by atoms with van der Waals surface area (Å²) in [5, 5.41) is 0. The van der Waals surface area contributed by atoms with Gasteiger partial charge in [0.15, 0.2) is 0 Å². The Morgan fingerprint density at radius 1 is 0.667 bits per heavy atom. The largest absolute Gasteiger partial charge is 0.486 e. The van der Waals surface area contributed by atoms with Gasteiger partial charge in [-0.05, 0) is 11.1 Å². The molecule has 0 bridgehead atoms. The predicted octanol–water partition coefficient (Wildman–Crippen LogP) is 2.88. The fraction of sp³-hybridized carbons (Fsp3) is 0.111. The molecule has 120 valence electrons. The molecule has 6 heteroatoms. The van der Waals surface area contributed by atoms with Crippen molar-refractivity contribution >= 4 is 11.9 Å². The van der Waals surface area contributed by atoms with E-state index in [2.05, 4.69) is 0 Å². The summed E-state index contributed by atoms with van der Waals surface area (Å²) in [6, 6.07) is 18.6. The Labute approximate surface area is 192 Å². The van der Waals surface area contributed by atoms with E-state index in [0.29, 0.717) is 0 Å². The first-order valence-electron chi connectivity index (χ1n) is 6.83. The molecule has 2 radical (unpaired) electrons. The molecule has 0 fully saturated rings. The topological polar surface area (TPSA) is 52.6 Å². The molecule has 2 rings (SSSR count). The van der Waals surface area contributed by atoms with E-state index in [4.69, 9.17) is 9.47 Å². The van der Waals surface area contributed by atoms with Gasteiger partial charge in [-0.1, -0.05) is 60.7 Å². The van der Waals surface area contributed by atoms with Crippen LogP contribution in [0.5, 0.6) is 0 Å². The van der Waals surface area contributed by atoms with E-state index >= 15 is 0 Å². The summed E-state index contributed by atoms with van der Waals surface area (Å²) in [6.45, 7) is 0.339. The zero-order chi connectivity index (χ0) is 15.6. The summed E-state index contributed by atoms with van der Waals surface area (Å²) in [7, 11) is 0. The van der Waals surface area contributed by atoms with Crippen LogP contribution in [0.3, 0.4) is 0 Å². The standard InChI is InChI=1S/C18H16O4.2Y/c19-17(21-13-15-7-3-1-4-8-15)11-12-18(20)22-14-16-9-5-2-6-10-16;;/h1-12H,13-14H2;;/q-2;;. The third-order valence-electron chi connectivity index (χ3n) is 2.80. The minimum Gasteiger partial charge on any atom is -0.486 e. The zero-order valence-corrected chi connectivity index (χ0v) is 18.8. The normalized spacial score (nSPS) is 8.83. The van der Waals surface area contributed by atoms with Gasteiger partial charge < -0.3 is 22.3 Å². The summed E-state index contributed by atoms with van der Waals surface area (Å²) in [5.74, 6) is -1.17. The predicted molar refractivity (Wildman–Crippen MR) is 81.1 cm³/mol. The maximum absolute atomic E-state index is 11.5. The molecule has 0 saturated carbocycles. The molecule has 0 heterocycles. The molecule has 2 aromatic rings. The van der Waals surface area contributed by atoms with Crippen molar-refractivity contribution in [3.05, 3.63) is 84.6 Å². The van der Waals surface area contributed by atoms with Crippen LogP contribution in [0.4, 0.5) is 0 Å². The number of carbonyl (C=O) groups is 2. The molecule has 0 atom stereocenters. The van der Waals surface area contributed by atoms with Crippen LogP contribution in [0.1, 0.15) is 11.1 Å². The molecule has 0 spiro atoms. The van der Waals surface area contributed by atoms with Crippen LogP contribution in [0.2, 0.25) is 0 Å². The van der Waals surface area contributed by atoms with Crippen molar-refractivity contribution in [1.29, 1.82) is 0 Å². The number of ether oxygens (including phenoxy) is 2. The number of carbonyl (C=O) groups excluding carboxylic acids is 2. The first-order chi connectivity index (χ1) is 10.7. The van der Waals surface area contributed by atoms with Crippen molar-refractivity contribution in [3.8, 4) is 0 Å². The van der Waals surface area contributed by atoms with Gasteiger partial charge in [0.25, 0.3) is 0 Å². The second kappa shape index (κ2) is 13.6. The minimum absolute atomic E-state index is 0. The van der Waals surface area contributed by atoms with E-state index < -0.39 is 11.9 Å². The smallest absolute Gasteiger partial charge is 0.141 e. The Morgan fingerprint density at radius 2 is 1.00 bits per heavy atom. The van der Waals surface area contributed by atoms with Crippen LogP contribution < -0.4 is 0 Å². The number of hydrogen-bond acceptors (Lipinski definition) is 4. The van der Waals surface area contributed by atoms with Crippen LogP contribution in [0, 0.1) is 12.8 Å². The van der Waals surface area contributed by atoms with E-state index in [1.807, 2.05) is 60.7 Å². The Kier molecular flexibility index (Phi) is 13.2. The first kappa shape index (κ1) is 23.3. The van der Waals surface area contributed by atoms with E-state index in [9.17, 15) is 9.59 Å². The molecule has 0 saturated heterocycles. The summed E-state index contributed by atoms with van der Waals surface area (Å²) in [5.41, 5.74) is 1.77. The SMILES string of the molecule is O=C([CH-][CH-]C(=O)OCc1ccccc1)OCc1ccccc1.[Y].[Y]. The summed E-state index contributed by atoms with van der Waals surface area (Å²) >= 11 is 0. The average Bonchev–Trinajstić information content (AvgIpc) is 2.58. The first-order valence-corrected chi connectivity index (χ1v) is 6.83. The van der Waals surface area contributed by atoms with E-state index in [1.54, 1.807) is 0 Å². The molecule has 0 aliphatic heterocycles. The zero-order valence-electron chi connectivity index (χ0n) is 13.1. The summed E-state index contributed by atoms with van der Waals surface area (Å²) < 4.78 is 10.0. The number of hydrogen-bond donors (Lipinski definition) is 0. The van der Waals surface area contributed by atoms with Gasteiger partial charge in [0.1, 0.15) is 25.2 Å². The molecular formula is C18H16O4Y2-2. The van der Waals surface area contributed by atoms with E-state index in [0.717, 1.165) is 24.0 Å². The Bertz CT molecular complexity index is 547. The molecule has 4 nitrogen and oxygen atoms in total. The van der Waals surface area contributed by atoms with E-state index in [1.165, 1.54) is 0 Å². The van der Waals surface area contributed by atoms with Crippen molar-refractivity contribution < 1.29 is 84.5 Å². The second-order valence-electron chi connectivity index (χ2n) is 4.52. The fourth-order valence-corrected chi connectivity index (χ4v) is 1.69. The van der Waals surface area contributed by atoms with Crippen LogP contribution in [-0.2, 0) is 97.7 Å². The van der Waals surface area contributed by atoms with Crippen molar-refractivity contribution in [3.63, 3.8) is 0 Å². The molecule has 0 aliphatic carbocycles. The van der Waals surface area contributed by atoms with Crippen molar-refractivity contribution in [2.75, 3.05) is 0 Å². The third kappa shape index (κ3) is 9.58. The molecule has 0 N–H and O–H groups in total. The van der Waals surface area contributed by atoms with Gasteiger partial charge in [0, 0.05) is 65.4 Å². The monoisotopic (exact) mass is 474 g/mol. The van der Waals surface area contributed by atoms with Gasteiger partial charge in [0.2, 0.25) is 0 Å². The van der Waals surface area contributed by atoms with Crippen molar-refractivity contribution in [1.82, 2.24) is 0 Å². The minimum atomic E-state index is -0.583. The molecule has 0 aliphatic rings. The van der Waals surface area contributed by atoms with Gasteiger partial charge in [-0.25, -0.2) is 0 Å². The molecule has 0 unspecified atom stereocenters. The summed E-state index contributed by atoms with van der Waals surface area (Å²) in [6.07, 6.45) is 2.13. The van der Waals surface area contributed by atoms with Crippen molar-refractivity contribution in [2.45, 2.75) is 13.2 Å². The quantitative estimate of drug-likeness (QED) is 0.458. The van der Waals surface area contributed by atoms with Crippen molar-refractivity contribution in [2.24, 2.45) is 0 Å². The Hall–Kier alpha value is -0.672. The fourth-order valence-electron chi connectivity index (χ4n) is 1.69. The van der Waals surface area contributed by atoms with Gasteiger partial charge in [-0.3, -0.25) is 9.59 Å². The molecule has 0 aromatic heterocycles. The molecule has 0 amide bonds. The van der Waals surface area contributed by atoms with Crippen LogP contribution in [0.15, 0.2) is 60.7 Å². The van der Waals surface area contributed by atoms with Gasteiger partial charge in [0.05, 0.1) is 0 Å². The van der Waals surface area contributed by atoms with Crippen LogP contribution in [-0.4, -0.2) is 11.9 Å². The number of esters is 2. The maximum Gasteiger partial charge on any atom is 0.141 e. The Morgan fingerprint density at radius 3 is 1.33 bits per heavy atom. The number of rotatable bonds is 7. The third-order valence-corrected chi connectivity index (χ3v) is 2.80. The average molecular weight is 474 g/mol. The van der Waals surface area contributed by atoms with Gasteiger partial charge >= 0.3 is 0 Å². The van der Waals surface area contributed by atoms with Gasteiger partial charge in [-0.2, -0.15) is 0 Å². The maximum atomic E-state index is 11.5. The van der Waals surface area contributed by atoms with Crippen LogP contribution >= 0.6 is 0 Å². The molecular weight excluding hydrogens is 458 g/mol. The molecule has 24 heavy (non-hydrogen) atoms. The second-order valence-corrected chi connectivity index (χ2v) is 4.52. The summed E-state index contributed by atoms with van der Waals surface area (Å²) in [4.78, 5) is 23.0. The van der Waals surface area contributed by atoms with E-state index in [-0.39, 0.29) is 78.6 Å². The molecule has 2 aromatic carbocycles. The van der Waals surface area contributed by atoms with Crippen LogP contribution in [0.25, 0.3) is 0 Å². The number of benzene rings is 2. The van der Waals surface area contributed by atoms with Gasteiger partial charge in [-0.15, -0.1) is 0 Å².